The molecule has 0 aromatic heterocycles. The molecule has 3 aromatic carbocycles. The predicted molar refractivity (Wildman–Crippen MR) is 123 cm³/mol. The molecule has 0 spiro atoms. The fourth-order valence-corrected chi connectivity index (χ4v) is 3.96. The zero-order valence-electron chi connectivity index (χ0n) is 17.5. The van der Waals surface area contributed by atoms with E-state index in [9.17, 15) is 28.7 Å². The smallest absolute Gasteiger partial charge is 0.295 e. The first-order valence-corrected chi connectivity index (χ1v) is 10.9. The molecule has 0 saturated heterocycles. The Balaban J connectivity index is 1.92. The van der Waals surface area contributed by atoms with Crippen molar-refractivity contribution in [3.63, 3.8) is 0 Å². The minimum Gasteiger partial charge on any atom is -0.508 e. The van der Waals surface area contributed by atoms with E-state index in [1.165, 1.54) is 50.4 Å². The van der Waals surface area contributed by atoms with E-state index in [0.29, 0.717) is 0 Å². The van der Waals surface area contributed by atoms with Crippen molar-refractivity contribution in [3.05, 3.63) is 76.3 Å². The number of phenols is 2. The number of nitrogens with zero attached hydrogens (tertiary/aromatic N) is 2. The number of benzene rings is 3. The molecule has 0 saturated carbocycles. The van der Waals surface area contributed by atoms with Crippen LogP contribution in [-0.2, 0) is 10.0 Å². The van der Waals surface area contributed by atoms with Crippen LogP contribution >= 0.6 is 0 Å². The molecule has 0 aliphatic carbocycles. The zero-order valence-corrected chi connectivity index (χ0v) is 18.3. The number of ether oxygens (including phenoxy) is 1. The largest absolute Gasteiger partial charge is 0.508 e. The van der Waals surface area contributed by atoms with Crippen LogP contribution in [0.2, 0.25) is 0 Å². The summed E-state index contributed by atoms with van der Waals surface area (Å²) in [5, 5.41) is 35.1. The molecule has 4 N–H and O–H groups in total. The van der Waals surface area contributed by atoms with Crippen LogP contribution in [0, 0.1) is 10.1 Å². The lowest BCUT2D eigenvalue weighted by atomic mass is 10.1. The van der Waals surface area contributed by atoms with Crippen LogP contribution in [0.4, 0.5) is 17.1 Å². The maximum Gasteiger partial charge on any atom is 0.295 e. The van der Waals surface area contributed by atoms with Crippen molar-refractivity contribution in [2.24, 2.45) is 5.10 Å². The third kappa shape index (κ3) is 5.30. The molecule has 3 rings (SSSR count). The van der Waals surface area contributed by atoms with E-state index in [1.54, 1.807) is 18.2 Å². The second-order valence-electron chi connectivity index (χ2n) is 6.75. The van der Waals surface area contributed by atoms with Gasteiger partial charge in [0, 0.05) is 11.6 Å². The van der Waals surface area contributed by atoms with Gasteiger partial charge in [-0.3, -0.25) is 20.3 Å². The van der Waals surface area contributed by atoms with E-state index in [2.05, 4.69) is 15.2 Å². The monoisotopic (exact) mass is 472 g/mol. The summed E-state index contributed by atoms with van der Waals surface area (Å²) >= 11 is 0. The van der Waals surface area contributed by atoms with Gasteiger partial charge in [0.2, 0.25) is 0 Å². The molecule has 172 valence electrons. The van der Waals surface area contributed by atoms with Crippen LogP contribution in [0.25, 0.3) is 0 Å². The molecule has 11 nitrogen and oxygen atoms in total. The van der Waals surface area contributed by atoms with Gasteiger partial charge in [-0.25, -0.2) is 8.42 Å². The highest BCUT2D eigenvalue weighted by Gasteiger charge is 2.22. The number of nitro groups is 1. The van der Waals surface area contributed by atoms with Crippen molar-refractivity contribution in [3.8, 4) is 17.2 Å². The molecular weight excluding hydrogens is 452 g/mol. The Morgan fingerprint density at radius 3 is 2.48 bits per heavy atom. The second-order valence-corrected chi connectivity index (χ2v) is 8.43. The van der Waals surface area contributed by atoms with Crippen molar-refractivity contribution in [2.75, 3.05) is 17.3 Å². The number of nitro benzene ring substituents is 1. The molecule has 0 atom stereocenters. The number of hydrogen-bond acceptors (Lipinski definition) is 9. The summed E-state index contributed by atoms with van der Waals surface area (Å²) in [5.41, 5.74) is 2.52. The first-order valence-electron chi connectivity index (χ1n) is 9.39. The summed E-state index contributed by atoms with van der Waals surface area (Å²) in [7, 11) is -2.78. The quantitative estimate of drug-likeness (QED) is 0.167. The minimum absolute atomic E-state index is 0.0739. The summed E-state index contributed by atoms with van der Waals surface area (Å²) in [6.07, 6.45) is 0. The lowest BCUT2D eigenvalue weighted by Gasteiger charge is -2.12. The number of anilines is 2. The Morgan fingerprint density at radius 2 is 1.79 bits per heavy atom. The van der Waals surface area contributed by atoms with Gasteiger partial charge in [-0.15, -0.1) is 0 Å². The van der Waals surface area contributed by atoms with E-state index in [4.69, 9.17) is 4.74 Å². The molecule has 0 aliphatic heterocycles. The van der Waals surface area contributed by atoms with Gasteiger partial charge in [0.05, 0.1) is 28.3 Å². The van der Waals surface area contributed by atoms with Gasteiger partial charge in [-0.1, -0.05) is 12.1 Å². The molecule has 0 aliphatic rings. The molecule has 3 aromatic rings. The number of sulfonamides is 1. The molecule has 12 heteroatoms. The van der Waals surface area contributed by atoms with Gasteiger partial charge in [-0.05, 0) is 49.4 Å². The molecule has 33 heavy (non-hydrogen) atoms. The average Bonchev–Trinajstić information content (AvgIpc) is 2.79. The fraction of sp³-hybridized carbons (Fsp3) is 0.0952. The molecule has 0 bridgehead atoms. The first-order chi connectivity index (χ1) is 15.6. The molecule has 0 radical (unpaired) electrons. The fourth-order valence-electron chi connectivity index (χ4n) is 2.87. The lowest BCUT2D eigenvalue weighted by Crippen LogP contribution is -2.14. The van der Waals surface area contributed by atoms with Crippen LogP contribution in [0.3, 0.4) is 0 Å². The first kappa shape index (κ1) is 23.3. The predicted octanol–water partition coefficient (Wildman–Crippen LogP) is 3.65. The highest BCUT2D eigenvalue weighted by atomic mass is 32.2. The van der Waals surface area contributed by atoms with E-state index in [-0.39, 0.29) is 44.8 Å². The minimum atomic E-state index is -4.16. The van der Waals surface area contributed by atoms with Crippen molar-refractivity contribution < 1.29 is 28.3 Å². The highest BCUT2D eigenvalue weighted by Crippen LogP contribution is 2.31. The van der Waals surface area contributed by atoms with Crippen molar-refractivity contribution in [1.82, 2.24) is 0 Å². The second kappa shape index (κ2) is 9.44. The van der Waals surface area contributed by atoms with E-state index in [0.717, 1.165) is 6.07 Å². The number of para-hydroxylation sites is 2. The van der Waals surface area contributed by atoms with Gasteiger partial charge in [-0.2, -0.15) is 5.10 Å². The van der Waals surface area contributed by atoms with Crippen molar-refractivity contribution in [1.29, 1.82) is 0 Å². The SMILES string of the molecule is COc1ccccc1NS(=O)(=O)c1ccc(N/N=C(\C)c2cc(O)ccc2O)c([N+](=O)[O-])c1. The zero-order chi connectivity index (χ0) is 24.2. The maximum atomic E-state index is 12.8. The Morgan fingerprint density at radius 1 is 1.06 bits per heavy atom. The molecule has 0 amide bonds. The molecule has 0 heterocycles. The van der Waals surface area contributed by atoms with Crippen LogP contribution in [0.15, 0.2) is 70.7 Å². The van der Waals surface area contributed by atoms with Gasteiger partial charge in [0.25, 0.3) is 15.7 Å². The summed E-state index contributed by atoms with van der Waals surface area (Å²) in [6.45, 7) is 1.52. The average molecular weight is 472 g/mol. The Kier molecular flexibility index (Phi) is 6.68. The Hall–Kier alpha value is -4.32. The van der Waals surface area contributed by atoms with Crippen molar-refractivity contribution in [2.45, 2.75) is 11.8 Å². The van der Waals surface area contributed by atoms with Crippen LogP contribution in [0.5, 0.6) is 17.2 Å². The van der Waals surface area contributed by atoms with Crippen molar-refractivity contribution >= 4 is 32.8 Å². The summed E-state index contributed by atoms with van der Waals surface area (Å²) in [4.78, 5) is 10.5. The van der Waals surface area contributed by atoms with E-state index >= 15 is 0 Å². The van der Waals surface area contributed by atoms with Crippen LogP contribution in [0.1, 0.15) is 12.5 Å². The van der Waals surface area contributed by atoms with E-state index < -0.39 is 20.6 Å². The normalized spacial score (nSPS) is 11.6. The van der Waals surface area contributed by atoms with Gasteiger partial charge in [0.1, 0.15) is 22.9 Å². The van der Waals surface area contributed by atoms with Gasteiger partial charge in [0.15, 0.2) is 0 Å². The van der Waals surface area contributed by atoms with Gasteiger partial charge < -0.3 is 14.9 Å². The standard InChI is InChI=1S/C21H20N4O7S/c1-13(16-11-14(26)7-10-20(16)27)22-23-17-9-8-15(12-19(17)25(28)29)33(30,31)24-18-5-3-4-6-21(18)32-2/h3-12,23-24,26-27H,1-2H3/b22-13+. The highest BCUT2D eigenvalue weighted by molar-refractivity contribution is 7.92. The third-order valence-electron chi connectivity index (χ3n) is 4.54. The van der Waals surface area contributed by atoms with Crippen LogP contribution < -0.4 is 14.9 Å². The number of aromatic hydroxyl groups is 2. The molecule has 0 unspecified atom stereocenters. The van der Waals surface area contributed by atoms with Gasteiger partial charge >= 0.3 is 0 Å². The van der Waals surface area contributed by atoms with E-state index in [1.807, 2.05) is 0 Å². The van der Waals surface area contributed by atoms with Crippen LogP contribution in [-0.4, -0.2) is 36.4 Å². The summed E-state index contributed by atoms with van der Waals surface area (Å²) in [6, 6.07) is 13.5. The topological polar surface area (TPSA) is 163 Å². The summed E-state index contributed by atoms with van der Waals surface area (Å²) < 4.78 is 33.0. The number of rotatable bonds is 8. The third-order valence-corrected chi connectivity index (χ3v) is 5.90. The molecule has 0 fully saturated rings. The number of hydrogen-bond donors (Lipinski definition) is 4. The summed E-state index contributed by atoms with van der Waals surface area (Å²) in [5.74, 6) is 0.0449. The number of hydrazone groups is 1. The Labute approximate surface area is 189 Å². The number of nitrogens with one attached hydrogen (secondary N) is 2. The Bertz CT molecular complexity index is 1340. The number of phenolic OH excluding ortho intramolecular Hbond substituents is 2. The molecular formula is C21H20N4O7S. The lowest BCUT2D eigenvalue weighted by molar-refractivity contribution is -0.384. The maximum absolute atomic E-state index is 12.8. The number of methoxy groups -OCH3 is 1.